The summed E-state index contributed by atoms with van der Waals surface area (Å²) in [7, 11) is 0. The summed E-state index contributed by atoms with van der Waals surface area (Å²) >= 11 is 1.99. The number of rotatable bonds is 2. The van der Waals surface area contributed by atoms with Crippen LogP contribution in [0.25, 0.3) is 0 Å². The molecule has 0 heterocycles. The molecule has 18 heavy (non-hydrogen) atoms. The van der Waals surface area contributed by atoms with E-state index in [2.05, 4.69) is 5.32 Å². The van der Waals surface area contributed by atoms with Gasteiger partial charge in [-0.05, 0) is 46.9 Å². The quantitative estimate of drug-likeness (QED) is 0.812. The van der Waals surface area contributed by atoms with Gasteiger partial charge < -0.3 is 5.32 Å². The second-order valence-corrected chi connectivity index (χ2v) is 4.69. The molecule has 0 atom stereocenters. The second kappa shape index (κ2) is 5.43. The molecule has 2 rings (SSSR count). The Hall–Kier alpha value is -1.50. The van der Waals surface area contributed by atoms with Crippen LogP contribution in [-0.4, -0.2) is 5.91 Å². The molecule has 0 aliphatic heterocycles. The SMILES string of the molecule is O=C(Nc1c(F)cccc1F)c1ccccc1I. The Morgan fingerprint density at radius 1 is 1.00 bits per heavy atom. The zero-order valence-corrected chi connectivity index (χ0v) is 11.2. The van der Waals surface area contributed by atoms with Gasteiger partial charge in [0.25, 0.3) is 5.91 Å². The summed E-state index contributed by atoms with van der Waals surface area (Å²) in [5, 5.41) is 2.24. The average molecular weight is 359 g/mol. The van der Waals surface area contributed by atoms with Gasteiger partial charge in [-0.15, -0.1) is 0 Å². The van der Waals surface area contributed by atoms with Gasteiger partial charge in [0, 0.05) is 3.57 Å². The molecular weight excluding hydrogens is 351 g/mol. The molecule has 1 N–H and O–H groups in total. The number of para-hydroxylation sites is 1. The van der Waals surface area contributed by atoms with Gasteiger partial charge in [0.05, 0.1) is 5.56 Å². The number of amides is 1. The Morgan fingerprint density at radius 3 is 2.22 bits per heavy atom. The predicted molar refractivity (Wildman–Crippen MR) is 73.5 cm³/mol. The third kappa shape index (κ3) is 2.66. The van der Waals surface area contributed by atoms with Crippen molar-refractivity contribution in [1.82, 2.24) is 0 Å². The predicted octanol–water partition coefficient (Wildman–Crippen LogP) is 3.82. The van der Waals surface area contributed by atoms with E-state index >= 15 is 0 Å². The lowest BCUT2D eigenvalue weighted by Gasteiger charge is -2.08. The highest BCUT2D eigenvalue weighted by molar-refractivity contribution is 14.1. The second-order valence-electron chi connectivity index (χ2n) is 3.53. The fourth-order valence-electron chi connectivity index (χ4n) is 1.44. The van der Waals surface area contributed by atoms with Crippen molar-refractivity contribution in [2.45, 2.75) is 0 Å². The Labute approximate surface area is 116 Å². The lowest BCUT2D eigenvalue weighted by molar-refractivity contribution is 0.102. The molecule has 0 aliphatic rings. The summed E-state index contributed by atoms with van der Waals surface area (Å²) in [5.74, 6) is -2.13. The molecule has 0 radical (unpaired) electrons. The van der Waals surface area contributed by atoms with Gasteiger partial charge in [0.2, 0.25) is 0 Å². The van der Waals surface area contributed by atoms with Gasteiger partial charge in [-0.3, -0.25) is 4.79 Å². The number of hydrogen-bond donors (Lipinski definition) is 1. The Bertz CT molecular complexity index is 581. The third-order valence-electron chi connectivity index (χ3n) is 2.32. The van der Waals surface area contributed by atoms with Crippen molar-refractivity contribution < 1.29 is 13.6 Å². The van der Waals surface area contributed by atoms with E-state index in [1.54, 1.807) is 24.3 Å². The Morgan fingerprint density at radius 2 is 1.61 bits per heavy atom. The zero-order valence-electron chi connectivity index (χ0n) is 9.08. The molecule has 0 spiro atoms. The minimum Gasteiger partial charge on any atom is -0.317 e. The number of carbonyl (C=O) groups is 1. The van der Waals surface area contributed by atoms with Crippen molar-refractivity contribution in [3.8, 4) is 0 Å². The van der Waals surface area contributed by atoms with Crippen LogP contribution in [0.4, 0.5) is 14.5 Å². The highest BCUT2D eigenvalue weighted by Crippen LogP contribution is 2.20. The maximum atomic E-state index is 13.4. The minimum absolute atomic E-state index is 0.376. The van der Waals surface area contributed by atoms with Crippen LogP contribution in [0.5, 0.6) is 0 Å². The number of nitrogens with one attached hydrogen (secondary N) is 1. The van der Waals surface area contributed by atoms with E-state index in [1.165, 1.54) is 6.07 Å². The van der Waals surface area contributed by atoms with E-state index < -0.39 is 23.2 Å². The molecule has 5 heteroatoms. The van der Waals surface area contributed by atoms with Crippen LogP contribution in [0, 0.1) is 15.2 Å². The number of hydrogen-bond acceptors (Lipinski definition) is 1. The molecule has 0 bridgehead atoms. The lowest BCUT2D eigenvalue weighted by atomic mass is 10.2. The van der Waals surface area contributed by atoms with Crippen molar-refractivity contribution >= 4 is 34.2 Å². The summed E-state index contributed by atoms with van der Waals surface area (Å²) in [6, 6.07) is 10.2. The first kappa shape index (κ1) is 12.9. The molecular formula is C13H8F2INO. The van der Waals surface area contributed by atoms with Crippen LogP contribution in [0.3, 0.4) is 0 Å². The van der Waals surface area contributed by atoms with Crippen molar-refractivity contribution in [3.63, 3.8) is 0 Å². The number of carbonyl (C=O) groups excluding carboxylic acids is 1. The Kier molecular flexibility index (Phi) is 3.90. The largest absolute Gasteiger partial charge is 0.317 e. The summed E-state index contributed by atoms with van der Waals surface area (Å²) in [4.78, 5) is 11.9. The summed E-state index contributed by atoms with van der Waals surface area (Å²) in [6.07, 6.45) is 0. The van der Waals surface area contributed by atoms with Crippen LogP contribution < -0.4 is 5.32 Å². The van der Waals surface area contributed by atoms with Crippen molar-refractivity contribution in [1.29, 1.82) is 0 Å². The molecule has 0 unspecified atom stereocenters. The minimum atomic E-state index is -0.797. The van der Waals surface area contributed by atoms with Crippen LogP contribution in [0.2, 0.25) is 0 Å². The van der Waals surface area contributed by atoms with Gasteiger partial charge in [0.1, 0.15) is 17.3 Å². The number of halogens is 3. The van der Waals surface area contributed by atoms with Crippen LogP contribution in [0.1, 0.15) is 10.4 Å². The average Bonchev–Trinajstić information content (AvgIpc) is 2.34. The molecule has 2 nitrogen and oxygen atoms in total. The molecule has 2 aromatic carbocycles. The lowest BCUT2D eigenvalue weighted by Crippen LogP contribution is -2.15. The monoisotopic (exact) mass is 359 g/mol. The third-order valence-corrected chi connectivity index (χ3v) is 3.26. The highest BCUT2D eigenvalue weighted by Gasteiger charge is 2.14. The zero-order chi connectivity index (χ0) is 13.1. The fraction of sp³-hybridized carbons (Fsp3) is 0. The highest BCUT2D eigenvalue weighted by atomic mass is 127. The van der Waals surface area contributed by atoms with Gasteiger partial charge in [-0.25, -0.2) is 8.78 Å². The van der Waals surface area contributed by atoms with Crippen LogP contribution >= 0.6 is 22.6 Å². The molecule has 2 aromatic rings. The van der Waals surface area contributed by atoms with Crippen LogP contribution in [0.15, 0.2) is 42.5 Å². The maximum absolute atomic E-state index is 13.4. The summed E-state index contributed by atoms with van der Waals surface area (Å²) < 4.78 is 27.5. The molecule has 1 amide bonds. The first-order chi connectivity index (χ1) is 8.59. The molecule has 0 saturated heterocycles. The van der Waals surface area contributed by atoms with Crippen molar-refractivity contribution in [2.75, 3.05) is 5.32 Å². The fourth-order valence-corrected chi connectivity index (χ4v) is 2.08. The van der Waals surface area contributed by atoms with E-state index in [-0.39, 0.29) is 0 Å². The first-order valence-corrected chi connectivity index (χ1v) is 6.17. The smallest absolute Gasteiger partial charge is 0.256 e. The van der Waals surface area contributed by atoms with E-state index in [0.29, 0.717) is 9.13 Å². The normalized spacial score (nSPS) is 10.2. The molecule has 0 saturated carbocycles. The van der Waals surface area contributed by atoms with E-state index in [1.807, 2.05) is 22.6 Å². The van der Waals surface area contributed by atoms with Crippen LogP contribution in [-0.2, 0) is 0 Å². The van der Waals surface area contributed by atoms with Crippen molar-refractivity contribution in [2.24, 2.45) is 0 Å². The molecule has 92 valence electrons. The Balaban J connectivity index is 2.30. The van der Waals surface area contributed by atoms with Gasteiger partial charge in [-0.2, -0.15) is 0 Å². The molecule has 0 aromatic heterocycles. The van der Waals surface area contributed by atoms with Gasteiger partial charge in [0.15, 0.2) is 0 Å². The molecule has 0 aliphatic carbocycles. The van der Waals surface area contributed by atoms with Crippen molar-refractivity contribution in [3.05, 3.63) is 63.2 Å². The number of benzene rings is 2. The van der Waals surface area contributed by atoms with Gasteiger partial charge in [-0.1, -0.05) is 18.2 Å². The number of anilines is 1. The van der Waals surface area contributed by atoms with E-state index in [9.17, 15) is 13.6 Å². The topological polar surface area (TPSA) is 29.1 Å². The van der Waals surface area contributed by atoms with E-state index in [4.69, 9.17) is 0 Å². The molecule has 0 fully saturated rings. The van der Waals surface area contributed by atoms with Gasteiger partial charge >= 0.3 is 0 Å². The standard InChI is InChI=1S/C13H8F2INO/c14-9-5-3-6-10(15)12(9)17-13(18)8-4-1-2-7-11(8)16/h1-7H,(H,17,18). The summed E-state index contributed by atoms with van der Waals surface area (Å²) in [5.41, 5.74) is -0.0529. The maximum Gasteiger partial charge on any atom is 0.256 e. The van der Waals surface area contributed by atoms with E-state index in [0.717, 1.165) is 12.1 Å². The summed E-state index contributed by atoms with van der Waals surface area (Å²) in [6.45, 7) is 0. The first-order valence-electron chi connectivity index (χ1n) is 5.09.